The van der Waals surface area contributed by atoms with Gasteiger partial charge in [0, 0.05) is 37.5 Å². The van der Waals surface area contributed by atoms with Crippen LogP contribution in [-0.2, 0) is 17.8 Å². The summed E-state index contributed by atoms with van der Waals surface area (Å²) in [5.41, 5.74) is 6.83. The van der Waals surface area contributed by atoms with Crippen LogP contribution in [0.4, 0.5) is 0 Å². The quantitative estimate of drug-likeness (QED) is 0.830. The molecule has 0 spiro atoms. The summed E-state index contributed by atoms with van der Waals surface area (Å²) >= 11 is 1.86. The summed E-state index contributed by atoms with van der Waals surface area (Å²) in [6.07, 6.45) is 2.47. The van der Waals surface area contributed by atoms with Crippen molar-refractivity contribution in [1.29, 1.82) is 0 Å². The molecule has 0 fully saturated rings. The third kappa shape index (κ3) is 5.97. The number of hydrogen-bond donors (Lipinski definition) is 2. The molecule has 0 radical (unpaired) electrons. The average Bonchev–Trinajstić information content (AvgIpc) is 2.83. The van der Waals surface area contributed by atoms with Crippen LogP contribution >= 0.6 is 36.2 Å². The van der Waals surface area contributed by atoms with E-state index >= 15 is 0 Å². The molecule has 20 heavy (non-hydrogen) atoms. The number of nitrogens with two attached hydrogens (primary N) is 1. The maximum Gasteiger partial charge on any atom is 0.220 e. The Kier molecular flexibility index (Phi) is 10.2. The monoisotopic (exact) mass is 339 g/mol. The normalized spacial score (nSPS) is 13.8. The Balaban J connectivity index is 0.00000180. The highest BCUT2D eigenvalue weighted by atomic mass is 35.5. The minimum atomic E-state index is 0. The maximum atomic E-state index is 11.4. The summed E-state index contributed by atoms with van der Waals surface area (Å²) < 4.78 is 0. The molecule has 0 bridgehead atoms. The lowest BCUT2D eigenvalue weighted by Gasteiger charge is -2.26. The van der Waals surface area contributed by atoms with Gasteiger partial charge in [-0.15, -0.1) is 36.2 Å². The highest BCUT2D eigenvalue weighted by Gasteiger charge is 2.16. The molecule has 3 N–H and O–H groups in total. The van der Waals surface area contributed by atoms with Gasteiger partial charge in [-0.3, -0.25) is 9.69 Å². The Morgan fingerprint density at radius 2 is 2.25 bits per heavy atom. The SMILES string of the molecule is Cl.Cl.NCCCC(=O)NCCN1CCc2sccc2C1. The summed E-state index contributed by atoms with van der Waals surface area (Å²) in [5, 5.41) is 5.12. The molecule has 2 rings (SSSR count). The molecular weight excluding hydrogens is 317 g/mol. The largest absolute Gasteiger partial charge is 0.355 e. The van der Waals surface area contributed by atoms with Gasteiger partial charge < -0.3 is 11.1 Å². The second-order valence-electron chi connectivity index (χ2n) is 4.64. The molecule has 0 saturated carbocycles. The van der Waals surface area contributed by atoms with E-state index in [4.69, 9.17) is 5.73 Å². The van der Waals surface area contributed by atoms with E-state index in [0.717, 1.165) is 39.0 Å². The van der Waals surface area contributed by atoms with Gasteiger partial charge in [-0.1, -0.05) is 0 Å². The van der Waals surface area contributed by atoms with Gasteiger partial charge in [-0.05, 0) is 36.4 Å². The van der Waals surface area contributed by atoms with Gasteiger partial charge in [0.15, 0.2) is 0 Å². The number of nitrogens with zero attached hydrogens (tertiary/aromatic N) is 1. The van der Waals surface area contributed by atoms with E-state index in [1.54, 1.807) is 0 Å². The lowest BCUT2D eigenvalue weighted by molar-refractivity contribution is -0.121. The maximum absolute atomic E-state index is 11.4. The van der Waals surface area contributed by atoms with Gasteiger partial charge in [-0.2, -0.15) is 0 Å². The Morgan fingerprint density at radius 3 is 3.00 bits per heavy atom. The fourth-order valence-corrected chi connectivity index (χ4v) is 3.09. The summed E-state index contributed by atoms with van der Waals surface area (Å²) in [4.78, 5) is 15.3. The van der Waals surface area contributed by atoms with E-state index in [-0.39, 0.29) is 30.7 Å². The van der Waals surface area contributed by atoms with Crippen LogP contribution in [0.25, 0.3) is 0 Å². The van der Waals surface area contributed by atoms with Crippen molar-refractivity contribution in [2.24, 2.45) is 5.73 Å². The molecule has 7 heteroatoms. The summed E-state index contributed by atoms with van der Waals surface area (Å²) in [7, 11) is 0. The predicted octanol–water partition coefficient (Wildman–Crippen LogP) is 1.80. The van der Waals surface area contributed by atoms with Crippen LogP contribution in [0.15, 0.2) is 11.4 Å². The summed E-state index contributed by atoms with van der Waals surface area (Å²) in [6.45, 7) is 4.39. The van der Waals surface area contributed by atoms with E-state index in [1.165, 1.54) is 10.4 Å². The van der Waals surface area contributed by atoms with Gasteiger partial charge in [0.05, 0.1) is 0 Å². The molecular formula is C13H23Cl2N3OS. The number of hydrogen-bond acceptors (Lipinski definition) is 4. The molecule has 2 heterocycles. The van der Waals surface area contributed by atoms with Gasteiger partial charge in [-0.25, -0.2) is 0 Å². The van der Waals surface area contributed by atoms with Gasteiger partial charge in [0.1, 0.15) is 0 Å². The number of carbonyl (C=O) groups is 1. The average molecular weight is 340 g/mol. The van der Waals surface area contributed by atoms with Crippen LogP contribution in [0.3, 0.4) is 0 Å². The lowest BCUT2D eigenvalue weighted by atomic mass is 10.1. The number of nitrogens with one attached hydrogen (secondary N) is 1. The zero-order chi connectivity index (χ0) is 12.8. The molecule has 0 saturated heterocycles. The van der Waals surface area contributed by atoms with E-state index in [2.05, 4.69) is 21.7 Å². The third-order valence-electron chi connectivity index (χ3n) is 3.24. The third-order valence-corrected chi connectivity index (χ3v) is 4.27. The van der Waals surface area contributed by atoms with Gasteiger partial charge in [0.2, 0.25) is 5.91 Å². The number of rotatable bonds is 6. The van der Waals surface area contributed by atoms with Crippen molar-refractivity contribution in [2.75, 3.05) is 26.2 Å². The minimum Gasteiger partial charge on any atom is -0.355 e. The number of carbonyl (C=O) groups excluding carboxylic acids is 1. The molecule has 0 atom stereocenters. The molecule has 1 aromatic rings. The Morgan fingerprint density at radius 1 is 1.45 bits per heavy atom. The second kappa shape index (κ2) is 10.4. The highest BCUT2D eigenvalue weighted by Crippen LogP contribution is 2.23. The zero-order valence-corrected chi connectivity index (χ0v) is 13.9. The zero-order valence-electron chi connectivity index (χ0n) is 11.5. The molecule has 1 amide bonds. The van der Waals surface area contributed by atoms with Crippen LogP contribution in [0.2, 0.25) is 0 Å². The highest BCUT2D eigenvalue weighted by molar-refractivity contribution is 7.10. The van der Waals surface area contributed by atoms with Gasteiger partial charge >= 0.3 is 0 Å². The number of amides is 1. The molecule has 0 aliphatic carbocycles. The molecule has 4 nitrogen and oxygen atoms in total. The smallest absolute Gasteiger partial charge is 0.220 e. The van der Waals surface area contributed by atoms with Crippen LogP contribution in [0.5, 0.6) is 0 Å². The lowest BCUT2D eigenvalue weighted by Crippen LogP contribution is -2.37. The molecule has 1 aliphatic rings. The van der Waals surface area contributed by atoms with E-state index in [9.17, 15) is 4.79 Å². The van der Waals surface area contributed by atoms with E-state index in [0.29, 0.717) is 13.0 Å². The predicted molar refractivity (Wildman–Crippen MR) is 89.1 cm³/mol. The summed E-state index contributed by atoms with van der Waals surface area (Å²) in [5.74, 6) is 0.119. The van der Waals surface area contributed by atoms with Crippen molar-refractivity contribution < 1.29 is 4.79 Å². The fraction of sp³-hybridized carbons (Fsp3) is 0.615. The Labute approximate surface area is 136 Å². The van der Waals surface area contributed by atoms with Crippen molar-refractivity contribution in [3.05, 3.63) is 21.9 Å². The van der Waals surface area contributed by atoms with Crippen LogP contribution in [0.1, 0.15) is 23.3 Å². The molecule has 1 aliphatic heterocycles. The first kappa shape index (κ1) is 19.7. The Bertz CT molecular complexity index is 401. The molecule has 116 valence electrons. The van der Waals surface area contributed by atoms with E-state index < -0.39 is 0 Å². The fourth-order valence-electron chi connectivity index (χ4n) is 2.20. The van der Waals surface area contributed by atoms with Gasteiger partial charge in [0.25, 0.3) is 0 Å². The van der Waals surface area contributed by atoms with Crippen molar-refractivity contribution in [3.63, 3.8) is 0 Å². The van der Waals surface area contributed by atoms with E-state index in [1.807, 2.05) is 11.3 Å². The van der Waals surface area contributed by atoms with Crippen molar-refractivity contribution in [2.45, 2.75) is 25.8 Å². The number of fused-ring (bicyclic) bond motifs is 1. The number of halogens is 2. The number of thiophene rings is 1. The molecule has 0 aromatic carbocycles. The summed E-state index contributed by atoms with van der Waals surface area (Å²) in [6, 6.07) is 2.21. The Hall–Kier alpha value is -0.330. The van der Waals surface area contributed by atoms with Crippen LogP contribution < -0.4 is 11.1 Å². The second-order valence-corrected chi connectivity index (χ2v) is 5.64. The topological polar surface area (TPSA) is 58.4 Å². The van der Waals surface area contributed by atoms with Crippen LogP contribution in [0, 0.1) is 0 Å². The first-order chi connectivity index (χ1) is 8.79. The van der Waals surface area contributed by atoms with Crippen molar-refractivity contribution in [1.82, 2.24) is 10.2 Å². The first-order valence-corrected chi connectivity index (χ1v) is 7.42. The minimum absolute atomic E-state index is 0. The van der Waals surface area contributed by atoms with Crippen molar-refractivity contribution >= 4 is 42.1 Å². The van der Waals surface area contributed by atoms with Crippen LogP contribution in [-0.4, -0.2) is 37.0 Å². The standard InChI is InChI=1S/C13H21N3OS.2ClH/c14-5-1-2-13(17)15-6-8-16-7-3-12-11(10-16)4-9-18-12;;/h4,9H,1-3,5-8,10,14H2,(H,15,17);2*1H. The molecule has 1 aromatic heterocycles. The van der Waals surface area contributed by atoms with Crippen molar-refractivity contribution in [3.8, 4) is 0 Å². The molecule has 0 unspecified atom stereocenters. The first-order valence-electron chi connectivity index (χ1n) is 6.54.